The van der Waals surface area contributed by atoms with Crippen molar-refractivity contribution in [1.82, 2.24) is 10.3 Å². The molecular formula is C19H22N2OS. The number of nitrogens with one attached hydrogen (secondary N) is 1. The first-order valence-electron chi connectivity index (χ1n) is 8.10. The molecular weight excluding hydrogens is 304 g/mol. The third-order valence-corrected chi connectivity index (χ3v) is 5.38. The van der Waals surface area contributed by atoms with Gasteiger partial charge >= 0.3 is 0 Å². The van der Waals surface area contributed by atoms with Crippen LogP contribution in [0.2, 0.25) is 0 Å². The predicted molar refractivity (Wildman–Crippen MR) is 98.7 cm³/mol. The monoisotopic (exact) mass is 326 g/mol. The van der Waals surface area contributed by atoms with Crippen molar-refractivity contribution in [2.75, 3.05) is 13.7 Å². The minimum atomic E-state index is -0.345. The fourth-order valence-electron chi connectivity index (χ4n) is 3.70. The summed E-state index contributed by atoms with van der Waals surface area (Å²) < 4.78 is 0. The number of likely N-dealkylation sites (N-methyl/N-ethyl adjacent to an activating group) is 1. The Balaban J connectivity index is 2.21. The number of rotatable bonds is 3. The zero-order chi connectivity index (χ0) is 16.3. The molecule has 3 nitrogen and oxygen atoms in total. The van der Waals surface area contributed by atoms with Gasteiger partial charge in [0.25, 0.3) is 0 Å². The molecule has 0 aliphatic heterocycles. The maximum Gasteiger partial charge on any atom is 0.0900 e. The molecule has 120 valence electrons. The third-order valence-electron chi connectivity index (χ3n) is 4.83. The summed E-state index contributed by atoms with van der Waals surface area (Å²) in [5, 5.41) is 13.8. The molecule has 23 heavy (non-hydrogen) atoms. The number of hydrogen-bond acceptors (Lipinski definition) is 3. The maximum absolute atomic E-state index is 9.47. The van der Waals surface area contributed by atoms with Gasteiger partial charge in [0.1, 0.15) is 0 Å². The Morgan fingerprint density at radius 2 is 2.22 bits per heavy atom. The molecule has 4 heteroatoms. The quantitative estimate of drug-likeness (QED) is 0.669. The second-order valence-corrected chi connectivity index (χ2v) is 6.43. The van der Waals surface area contributed by atoms with Gasteiger partial charge in [-0.15, -0.1) is 0 Å². The number of aliphatic hydroxyl groups excluding tert-OH is 1. The molecule has 2 aromatic rings. The Bertz CT molecular complexity index is 756. The van der Waals surface area contributed by atoms with Gasteiger partial charge in [-0.2, -0.15) is 0 Å². The van der Waals surface area contributed by atoms with E-state index in [1.54, 1.807) is 0 Å². The Hall–Kier alpha value is -1.78. The smallest absolute Gasteiger partial charge is 0.0900 e. The van der Waals surface area contributed by atoms with Crippen LogP contribution in [0, 0.1) is 0 Å². The van der Waals surface area contributed by atoms with Crippen molar-refractivity contribution >= 4 is 28.1 Å². The first-order chi connectivity index (χ1) is 11.2. The molecule has 1 heterocycles. The summed E-state index contributed by atoms with van der Waals surface area (Å²) in [5.74, 6) is 0. The number of thiocarbonyl (C=S) groups is 1. The van der Waals surface area contributed by atoms with Crippen molar-refractivity contribution in [3.05, 3.63) is 53.7 Å². The van der Waals surface area contributed by atoms with Crippen LogP contribution in [0.1, 0.15) is 31.2 Å². The molecule has 0 bridgehead atoms. The highest BCUT2D eigenvalue weighted by Gasteiger charge is 2.41. The molecule has 0 radical (unpaired) electrons. The predicted octanol–water partition coefficient (Wildman–Crippen LogP) is 3.51. The van der Waals surface area contributed by atoms with Gasteiger partial charge in [0, 0.05) is 18.6 Å². The number of aliphatic hydroxyl groups is 1. The van der Waals surface area contributed by atoms with Gasteiger partial charge in [-0.05, 0) is 37.0 Å². The zero-order valence-electron chi connectivity index (χ0n) is 13.4. The molecule has 0 amide bonds. The van der Waals surface area contributed by atoms with Crippen LogP contribution in [0.3, 0.4) is 0 Å². The number of aromatic nitrogens is 1. The summed E-state index contributed by atoms with van der Waals surface area (Å²) in [6.07, 6.45) is 8.06. The highest BCUT2D eigenvalue weighted by Crippen LogP contribution is 2.44. The van der Waals surface area contributed by atoms with E-state index >= 15 is 0 Å². The first-order valence-corrected chi connectivity index (χ1v) is 8.51. The minimum absolute atomic E-state index is 0.0461. The molecule has 2 N–H and O–H groups in total. The molecule has 1 aliphatic rings. The van der Waals surface area contributed by atoms with Gasteiger partial charge in [0.05, 0.1) is 22.5 Å². The van der Waals surface area contributed by atoms with Gasteiger partial charge < -0.3 is 10.4 Å². The van der Waals surface area contributed by atoms with Crippen LogP contribution in [-0.4, -0.2) is 28.7 Å². The van der Waals surface area contributed by atoms with E-state index in [2.05, 4.69) is 22.4 Å². The molecule has 0 saturated heterocycles. The van der Waals surface area contributed by atoms with Crippen LogP contribution in [0.15, 0.2) is 48.2 Å². The lowest BCUT2D eigenvalue weighted by molar-refractivity contribution is 0.337. The van der Waals surface area contributed by atoms with Crippen molar-refractivity contribution in [2.45, 2.75) is 31.1 Å². The van der Waals surface area contributed by atoms with Crippen LogP contribution in [0.5, 0.6) is 0 Å². The van der Waals surface area contributed by atoms with Gasteiger partial charge in [-0.1, -0.05) is 48.5 Å². The molecule has 3 rings (SSSR count). The third kappa shape index (κ3) is 2.77. The van der Waals surface area contributed by atoms with Crippen LogP contribution in [-0.2, 0) is 5.41 Å². The lowest BCUT2D eigenvalue weighted by Crippen LogP contribution is -2.45. The Labute approximate surface area is 142 Å². The standard InChI is InChI=1S/C19H22N2OS/c1-20-18(23)19(10-5-4-7-15(19)9-11-22)16-12-14-6-2-3-8-17(14)21-13-16/h2-3,6,8-9,12-13,22H,4-5,7,10-11H2,1H3,(H,20,23). The molecule has 1 fully saturated rings. The SMILES string of the molecule is CNC(=S)C1(c2cnc3ccccc3c2)CCCCC1=CCO. The average Bonchev–Trinajstić information content (AvgIpc) is 2.61. The van der Waals surface area contributed by atoms with Crippen molar-refractivity contribution < 1.29 is 5.11 Å². The molecule has 1 saturated carbocycles. The zero-order valence-corrected chi connectivity index (χ0v) is 14.2. The average molecular weight is 326 g/mol. The van der Waals surface area contributed by atoms with E-state index in [9.17, 15) is 5.11 Å². The number of hydrogen-bond donors (Lipinski definition) is 2. The normalized spacial score (nSPS) is 23.1. The fourth-order valence-corrected chi connectivity index (χ4v) is 4.06. The molecule has 1 aromatic carbocycles. The Kier molecular flexibility index (Phi) is 4.74. The summed E-state index contributed by atoms with van der Waals surface area (Å²) in [7, 11) is 1.88. The fraction of sp³-hybridized carbons (Fsp3) is 0.368. The van der Waals surface area contributed by atoms with Crippen molar-refractivity contribution in [2.24, 2.45) is 0 Å². The summed E-state index contributed by atoms with van der Waals surface area (Å²) in [6.45, 7) is 0.0461. The van der Waals surface area contributed by atoms with E-state index in [1.165, 1.54) is 5.57 Å². The van der Waals surface area contributed by atoms with Gasteiger partial charge in [0.15, 0.2) is 0 Å². The Morgan fingerprint density at radius 1 is 1.39 bits per heavy atom. The van der Waals surface area contributed by atoms with Crippen molar-refractivity contribution in [3.8, 4) is 0 Å². The van der Waals surface area contributed by atoms with E-state index in [1.807, 2.05) is 37.5 Å². The Morgan fingerprint density at radius 3 is 3.00 bits per heavy atom. The van der Waals surface area contributed by atoms with Crippen molar-refractivity contribution in [3.63, 3.8) is 0 Å². The highest BCUT2D eigenvalue weighted by atomic mass is 32.1. The lowest BCUT2D eigenvalue weighted by atomic mass is 9.66. The summed E-state index contributed by atoms with van der Waals surface area (Å²) in [6, 6.07) is 10.3. The van der Waals surface area contributed by atoms with Gasteiger partial charge in [-0.25, -0.2) is 0 Å². The lowest BCUT2D eigenvalue weighted by Gasteiger charge is -2.40. The van der Waals surface area contributed by atoms with E-state index in [0.29, 0.717) is 0 Å². The maximum atomic E-state index is 9.47. The molecule has 1 unspecified atom stereocenters. The number of benzene rings is 1. The van der Waals surface area contributed by atoms with Crippen molar-refractivity contribution in [1.29, 1.82) is 0 Å². The van der Waals surface area contributed by atoms with Crippen LogP contribution in [0.4, 0.5) is 0 Å². The van der Waals surface area contributed by atoms with E-state index in [-0.39, 0.29) is 12.0 Å². The number of nitrogens with zero attached hydrogens (tertiary/aromatic N) is 1. The number of pyridine rings is 1. The van der Waals surface area contributed by atoms with E-state index < -0.39 is 0 Å². The molecule has 0 spiro atoms. The molecule has 1 aromatic heterocycles. The number of para-hydroxylation sites is 1. The number of fused-ring (bicyclic) bond motifs is 1. The van der Waals surface area contributed by atoms with Crippen LogP contribution in [0.25, 0.3) is 10.9 Å². The topological polar surface area (TPSA) is 45.2 Å². The highest BCUT2D eigenvalue weighted by molar-refractivity contribution is 7.80. The summed E-state index contributed by atoms with van der Waals surface area (Å²) in [4.78, 5) is 5.45. The van der Waals surface area contributed by atoms with Gasteiger partial charge in [-0.3, -0.25) is 4.98 Å². The first kappa shape index (κ1) is 16.1. The minimum Gasteiger partial charge on any atom is -0.392 e. The summed E-state index contributed by atoms with van der Waals surface area (Å²) >= 11 is 5.72. The van der Waals surface area contributed by atoms with E-state index in [4.69, 9.17) is 12.2 Å². The largest absolute Gasteiger partial charge is 0.392 e. The van der Waals surface area contributed by atoms with Gasteiger partial charge in [0.2, 0.25) is 0 Å². The molecule has 1 atom stereocenters. The van der Waals surface area contributed by atoms with E-state index in [0.717, 1.165) is 47.1 Å². The summed E-state index contributed by atoms with van der Waals surface area (Å²) in [5.41, 5.74) is 2.98. The second-order valence-electron chi connectivity index (χ2n) is 6.02. The second kappa shape index (κ2) is 6.77. The van der Waals surface area contributed by atoms with Crippen LogP contribution >= 0.6 is 12.2 Å². The van der Waals surface area contributed by atoms with Crippen LogP contribution < -0.4 is 5.32 Å². The molecule has 1 aliphatic carbocycles.